The number of aliphatic hydroxyl groups excluding tert-OH is 1. The molecule has 0 saturated carbocycles. The average Bonchev–Trinajstić information content (AvgIpc) is 2.74. The molecule has 2 rings (SSSR count). The molecule has 1 aromatic carbocycles. The lowest BCUT2D eigenvalue weighted by Gasteiger charge is -2.10. The molecule has 84 valence electrons. The Labute approximate surface area is 98.9 Å². The molecule has 1 N–H and O–H groups in total. The number of benzene rings is 1. The second-order valence-corrected chi connectivity index (χ2v) is 4.51. The molecule has 16 heavy (non-hydrogen) atoms. The van der Waals surface area contributed by atoms with Gasteiger partial charge in [-0.05, 0) is 36.0 Å². The summed E-state index contributed by atoms with van der Waals surface area (Å²) in [6.07, 6.45) is 0.368. The third-order valence-corrected chi connectivity index (χ3v) is 3.49. The molecule has 0 amide bonds. The Hall–Kier alpha value is -1.26. The lowest BCUT2D eigenvalue weighted by Crippen LogP contribution is -1.99. The highest BCUT2D eigenvalue weighted by Gasteiger charge is 2.16. The molecule has 0 bridgehead atoms. The van der Waals surface area contributed by atoms with Crippen LogP contribution in [0, 0.1) is 6.92 Å². The van der Waals surface area contributed by atoms with Crippen molar-refractivity contribution in [1.82, 2.24) is 9.59 Å². The zero-order valence-corrected chi connectivity index (χ0v) is 10.2. The van der Waals surface area contributed by atoms with Crippen molar-refractivity contribution in [3.05, 3.63) is 46.0 Å². The number of rotatable bonds is 3. The van der Waals surface area contributed by atoms with E-state index in [0.717, 1.165) is 22.6 Å². The van der Waals surface area contributed by atoms with Gasteiger partial charge in [0.2, 0.25) is 0 Å². The summed E-state index contributed by atoms with van der Waals surface area (Å²) >= 11 is 1.25. The topological polar surface area (TPSA) is 46.0 Å². The molecule has 1 unspecified atom stereocenters. The van der Waals surface area contributed by atoms with Crippen molar-refractivity contribution in [2.24, 2.45) is 0 Å². The SMILES string of the molecule is CCc1cccc(C(O)c2snnc2C)c1. The van der Waals surface area contributed by atoms with Crippen LogP contribution in [-0.4, -0.2) is 14.7 Å². The van der Waals surface area contributed by atoms with Crippen molar-refractivity contribution in [2.75, 3.05) is 0 Å². The van der Waals surface area contributed by atoms with Gasteiger partial charge in [-0.25, -0.2) is 0 Å². The molecule has 4 heteroatoms. The van der Waals surface area contributed by atoms with Crippen LogP contribution >= 0.6 is 11.5 Å². The van der Waals surface area contributed by atoms with E-state index in [1.165, 1.54) is 17.1 Å². The molecule has 0 aliphatic heterocycles. The quantitative estimate of drug-likeness (QED) is 0.887. The van der Waals surface area contributed by atoms with E-state index in [0.29, 0.717) is 0 Å². The van der Waals surface area contributed by atoms with Gasteiger partial charge in [-0.2, -0.15) is 0 Å². The molecular weight excluding hydrogens is 220 g/mol. The van der Waals surface area contributed by atoms with Crippen LogP contribution < -0.4 is 0 Å². The summed E-state index contributed by atoms with van der Waals surface area (Å²) in [5.74, 6) is 0. The molecule has 1 heterocycles. The maximum Gasteiger partial charge on any atom is 0.117 e. The van der Waals surface area contributed by atoms with E-state index in [4.69, 9.17) is 0 Å². The van der Waals surface area contributed by atoms with Gasteiger partial charge >= 0.3 is 0 Å². The Morgan fingerprint density at radius 2 is 2.25 bits per heavy atom. The molecule has 2 aromatic rings. The largest absolute Gasteiger partial charge is 0.383 e. The summed E-state index contributed by atoms with van der Waals surface area (Å²) < 4.78 is 3.84. The lowest BCUT2D eigenvalue weighted by molar-refractivity contribution is 0.223. The first-order valence-corrected chi connectivity index (χ1v) is 6.05. The van der Waals surface area contributed by atoms with E-state index in [1.54, 1.807) is 0 Å². The zero-order valence-electron chi connectivity index (χ0n) is 9.34. The number of aromatic nitrogens is 2. The van der Waals surface area contributed by atoms with Crippen molar-refractivity contribution in [2.45, 2.75) is 26.4 Å². The molecule has 0 radical (unpaired) electrons. The van der Waals surface area contributed by atoms with Crippen LogP contribution in [0.25, 0.3) is 0 Å². The summed E-state index contributed by atoms with van der Waals surface area (Å²) in [6.45, 7) is 3.97. The Morgan fingerprint density at radius 1 is 1.44 bits per heavy atom. The molecule has 0 spiro atoms. The second kappa shape index (κ2) is 4.72. The van der Waals surface area contributed by atoms with Gasteiger partial charge in [0.05, 0.1) is 10.6 Å². The van der Waals surface area contributed by atoms with E-state index in [-0.39, 0.29) is 0 Å². The van der Waals surface area contributed by atoms with Gasteiger partial charge in [0, 0.05) is 0 Å². The third kappa shape index (κ3) is 2.13. The number of aryl methyl sites for hydroxylation is 2. The van der Waals surface area contributed by atoms with Crippen molar-refractivity contribution < 1.29 is 5.11 Å². The predicted molar refractivity (Wildman–Crippen MR) is 64.5 cm³/mol. The normalized spacial score (nSPS) is 12.7. The first kappa shape index (κ1) is 11.2. The standard InChI is InChI=1S/C12H14N2OS/c1-3-9-5-4-6-10(7-9)11(15)12-8(2)13-14-16-12/h4-7,11,15H,3H2,1-2H3. The number of aliphatic hydroxyl groups is 1. The Balaban J connectivity index is 2.33. The van der Waals surface area contributed by atoms with Gasteiger partial charge in [0.25, 0.3) is 0 Å². The van der Waals surface area contributed by atoms with Crippen LogP contribution in [-0.2, 0) is 6.42 Å². The third-order valence-electron chi connectivity index (χ3n) is 2.61. The summed E-state index contributed by atoms with van der Waals surface area (Å²) in [7, 11) is 0. The Morgan fingerprint density at radius 3 is 2.88 bits per heavy atom. The fourth-order valence-corrected chi connectivity index (χ4v) is 2.28. The predicted octanol–water partition coefficient (Wildman–Crippen LogP) is 2.49. The van der Waals surface area contributed by atoms with E-state index in [2.05, 4.69) is 22.6 Å². The fraction of sp³-hybridized carbons (Fsp3) is 0.333. The molecule has 1 atom stereocenters. The van der Waals surface area contributed by atoms with Crippen molar-refractivity contribution in [3.63, 3.8) is 0 Å². The molecule has 1 aromatic heterocycles. The van der Waals surface area contributed by atoms with Gasteiger partial charge in [-0.1, -0.05) is 35.7 Å². The smallest absolute Gasteiger partial charge is 0.117 e. The minimum absolute atomic E-state index is 0.605. The minimum atomic E-state index is -0.605. The first-order chi connectivity index (χ1) is 7.72. The van der Waals surface area contributed by atoms with Crippen molar-refractivity contribution in [1.29, 1.82) is 0 Å². The summed E-state index contributed by atoms with van der Waals surface area (Å²) in [4.78, 5) is 0.827. The highest BCUT2D eigenvalue weighted by Crippen LogP contribution is 2.26. The van der Waals surface area contributed by atoms with Gasteiger partial charge < -0.3 is 5.11 Å². The highest BCUT2D eigenvalue weighted by molar-refractivity contribution is 7.05. The maximum absolute atomic E-state index is 10.2. The molecule has 0 aliphatic rings. The molecule has 0 aliphatic carbocycles. The average molecular weight is 234 g/mol. The van der Waals surface area contributed by atoms with E-state index in [9.17, 15) is 5.11 Å². The fourth-order valence-electron chi connectivity index (χ4n) is 1.62. The van der Waals surface area contributed by atoms with E-state index in [1.807, 2.05) is 25.1 Å². The molecule has 0 fully saturated rings. The van der Waals surface area contributed by atoms with Gasteiger partial charge in [0.1, 0.15) is 6.10 Å². The van der Waals surface area contributed by atoms with Gasteiger partial charge in [-0.15, -0.1) is 5.10 Å². The highest BCUT2D eigenvalue weighted by atomic mass is 32.1. The van der Waals surface area contributed by atoms with Crippen LogP contribution in [0.5, 0.6) is 0 Å². The summed E-state index contributed by atoms with van der Waals surface area (Å²) in [6, 6.07) is 8.00. The number of hydrogen-bond donors (Lipinski definition) is 1. The molecule has 0 saturated heterocycles. The van der Waals surface area contributed by atoms with Crippen molar-refractivity contribution in [3.8, 4) is 0 Å². The summed E-state index contributed by atoms with van der Waals surface area (Å²) in [5, 5.41) is 14.1. The van der Waals surface area contributed by atoms with E-state index < -0.39 is 6.10 Å². The zero-order chi connectivity index (χ0) is 11.5. The summed E-state index contributed by atoms with van der Waals surface area (Å²) in [5.41, 5.74) is 2.94. The lowest BCUT2D eigenvalue weighted by atomic mass is 10.0. The second-order valence-electron chi connectivity index (χ2n) is 3.72. The molecule has 3 nitrogen and oxygen atoms in total. The van der Waals surface area contributed by atoms with Crippen LogP contribution in [0.2, 0.25) is 0 Å². The van der Waals surface area contributed by atoms with Crippen LogP contribution in [0.4, 0.5) is 0 Å². The first-order valence-electron chi connectivity index (χ1n) is 5.28. The molecular formula is C12H14N2OS. The van der Waals surface area contributed by atoms with E-state index >= 15 is 0 Å². The van der Waals surface area contributed by atoms with Gasteiger partial charge in [0.15, 0.2) is 0 Å². The van der Waals surface area contributed by atoms with Crippen LogP contribution in [0.1, 0.15) is 34.7 Å². The van der Waals surface area contributed by atoms with Crippen molar-refractivity contribution >= 4 is 11.5 Å². The Kier molecular flexibility index (Phi) is 3.31. The number of hydrogen-bond acceptors (Lipinski definition) is 4. The van der Waals surface area contributed by atoms with Gasteiger partial charge in [-0.3, -0.25) is 0 Å². The maximum atomic E-state index is 10.2. The van der Waals surface area contributed by atoms with Crippen LogP contribution in [0.15, 0.2) is 24.3 Å². The monoisotopic (exact) mass is 234 g/mol. The van der Waals surface area contributed by atoms with Crippen LogP contribution in [0.3, 0.4) is 0 Å². The number of nitrogens with zero attached hydrogens (tertiary/aromatic N) is 2. The Bertz CT molecular complexity index is 481. The minimum Gasteiger partial charge on any atom is -0.383 e.